The van der Waals surface area contributed by atoms with Crippen LogP contribution >= 0.6 is 0 Å². The van der Waals surface area contributed by atoms with E-state index in [2.05, 4.69) is 5.32 Å². The Hall–Kier alpha value is -1.91. The van der Waals surface area contributed by atoms with Crippen LogP contribution in [-0.2, 0) is 4.79 Å². The Morgan fingerprint density at radius 2 is 2.06 bits per heavy atom. The number of rotatable bonds is 3. The number of aryl methyl sites for hydroxylation is 1. The van der Waals surface area contributed by atoms with Crippen molar-refractivity contribution < 1.29 is 19.1 Å². The minimum atomic E-state index is -1.17. The molecular formula is C11H12FNO3. The van der Waals surface area contributed by atoms with Gasteiger partial charge in [-0.15, -0.1) is 0 Å². The lowest BCUT2D eigenvalue weighted by atomic mass is 10.1. The maximum absolute atomic E-state index is 13.3. The molecule has 16 heavy (non-hydrogen) atoms. The van der Waals surface area contributed by atoms with E-state index in [0.717, 1.165) is 0 Å². The summed E-state index contributed by atoms with van der Waals surface area (Å²) < 4.78 is 13.3. The summed E-state index contributed by atoms with van der Waals surface area (Å²) in [6, 6.07) is 3.09. The van der Waals surface area contributed by atoms with E-state index in [1.165, 1.54) is 19.1 Å². The zero-order valence-corrected chi connectivity index (χ0v) is 8.95. The molecule has 1 rings (SSSR count). The van der Waals surface area contributed by atoms with Crippen molar-refractivity contribution in [2.45, 2.75) is 19.9 Å². The Labute approximate surface area is 92.1 Å². The van der Waals surface area contributed by atoms with Crippen LogP contribution in [0.25, 0.3) is 0 Å². The molecule has 0 radical (unpaired) electrons. The van der Waals surface area contributed by atoms with Crippen LogP contribution in [-0.4, -0.2) is 23.0 Å². The quantitative estimate of drug-likeness (QED) is 0.815. The number of carboxylic acids is 1. The van der Waals surface area contributed by atoms with Crippen molar-refractivity contribution in [3.63, 3.8) is 0 Å². The van der Waals surface area contributed by atoms with E-state index in [-0.39, 0.29) is 5.56 Å². The number of carbonyl (C=O) groups is 2. The molecule has 1 aromatic carbocycles. The van der Waals surface area contributed by atoms with E-state index in [1.807, 2.05) is 0 Å². The maximum atomic E-state index is 13.3. The highest BCUT2D eigenvalue weighted by Gasteiger charge is 2.17. The smallest absolute Gasteiger partial charge is 0.325 e. The largest absolute Gasteiger partial charge is 0.480 e. The molecular weight excluding hydrogens is 213 g/mol. The number of benzene rings is 1. The molecule has 0 aliphatic rings. The summed E-state index contributed by atoms with van der Waals surface area (Å²) >= 11 is 0. The van der Waals surface area contributed by atoms with Gasteiger partial charge in [0.05, 0.1) is 5.56 Å². The van der Waals surface area contributed by atoms with E-state index in [4.69, 9.17) is 5.11 Å². The van der Waals surface area contributed by atoms with Crippen molar-refractivity contribution in [2.24, 2.45) is 0 Å². The van der Waals surface area contributed by atoms with E-state index < -0.39 is 23.7 Å². The standard InChI is InChI=1S/C11H12FNO3/c1-6-3-4-8(9(12)5-6)10(14)13-7(2)11(15)16/h3-5,7H,1-2H3,(H,13,14)(H,15,16)/t7-/m1/s1. The first-order valence-corrected chi connectivity index (χ1v) is 4.71. The summed E-state index contributed by atoms with van der Waals surface area (Å²) in [6.45, 7) is 3.01. The fraction of sp³-hybridized carbons (Fsp3) is 0.273. The molecule has 86 valence electrons. The van der Waals surface area contributed by atoms with Gasteiger partial charge in [-0.1, -0.05) is 6.07 Å². The highest BCUT2D eigenvalue weighted by atomic mass is 19.1. The van der Waals surface area contributed by atoms with Crippen molar-refractivity contribution in [2.75, 3.05) is 0 Å². The number of carboxylic acid groups (broad SMARTS) is 1. The topological polar surface area (TPSA) is 66.4 Å². The summed E-state index contributed by atoms with van der Waals surface area (Å²) in [5.74, 6) is -2.55. The molecule has 0 saturated heterocycles. The molecule has 0 aliphatic heterocycles. The monoisotopic (exact) mass is 225 g/mol. The normalized spacial score (nSPS) is 11.9. The summed E-state index contributed by atoms with van der Waals surface area (Å²) in [6.07, 6.45) is 0. The van der Waals surface area contributed by atoms with Crippen molar-refractivity contribution in [1.29, 1.82) is 0 Å². The summed E-state index contributed by atoms with van der Waals surface area (Å²) in [5, 5.41) is 10.8. The van der Waals surface area contributed by atoms with Crippen molar-refractivity contribution >= 4 is 11.9 Å². The van der Waals surface area contributed by atoms with E-state index >= 15 is 0 Å². The molecule has 0 fully saturated rings. The summed E-state index contributed by atoms with van der Waals surface area (Å²) in [4.78, 5) is 22.0. The average Bonchev–Trinajstić information content (AvgIpc) is 2.16. The lowest BCUT2D eigenvalue weighted by Crippen LogP contribution is -2.38. The van der Waals surface area contributed by atoms with Crippen LogP contribution in [0.15, 0.2) is 18.2 Å². The molecule has 0 aromatic heterocycles. The molecule has 1 amide bonds. The van der Waals surface area contributed by atoms with Crippen molar-refractivity contribution in [1.82, 2.24) is 5.32 Å². The van der Waals surface area contributed by atoms with E-state index in [1.54, 1.807) is 13.0 Å². The number of hydrogen-bond donors (Lipinski definition) is 2. The molecule has 1 aromatic rings. The van der Waals surface area contributed by atoms with Gasteiger partial charge in [0, 0.05) is 0 Å². The molecule has 0 heterocycles. The molecule has 0 unspecified atom stereocenters. The number of amides is 1. The molecule has 1 atom stereocenters. The highest BCUT2D eigenvalue weighted by Crippen LogP contribution is 2.09. The van der Waals surface area contributed by atoms with E-state index in [9.17, 15) is 14.0 Å². The second-order valence-corrected chi connectivity index (χ2v) is 3.52. The van der Waals surface area contributed by atoms with Gasteiger partial charge in [-0.05, 0) is 31.5 Å². The highest BCUT2D eigenvalue weighted by molar-refractivity contribution is 5.96. The zero-order chi connectivity index (χ0) is 12.3. The minimum absolute atomic E-state index is 0.154. The average molecular weight is 225 g/mol. The molecule has 0 spiro atoms. The zero-order valence-electron chi connectivity index (χ0n) is 8.95. The predicted molar refractivity (Wildman–Crippen MR) is 55.7 cm³/mol. The van der Waals surface area contributed by atoms with Gasteiger partial charge in [-0.25, -0.2) is 4.39 Å². The molecule has 5 heteroatoms. The van der Waals surface area contributed by atoms with Gasteiger partial charge < -0.3 is 10.4 Å². The SMILES string of the molecule is Cc1ccc(C(=O)N[C@H](C)C(=O)O)c(F)c1. The number of halogens is 1. The fourth-order valence-electron chi connectivity index (χ4n) is 1.14. The Kier molecular flexibility index (Phi) is 3.60. The van der Waals surface area contributed by atoms with Crippen LogP contribution in [0.3, 0.4) is 0 Å². The number of nitrogens with one attached hydrogen (secondary N) is 1. The van der Waals surface area contributed by atoms with Crippen molar-refractivity contribution in [3.8, 4) is 0 Å². The van der Waals surface area contributed by atoms with Gasteiger partial charge in [0.2, 0.25) is 0 Å². The number of aliphatic carboxylic acids is 1. The third kappa shape index (κ3) is 2.79. The van der Waals surface area contributed by atoms with Crippen LogP contribution in [0.2, 0.25) is 0 Å². The lowest BCUT2D eigenvalue weighted by Gasteiger charge is -2.09. The van der Waals surface area contributed by atoms with Crippen LogP contribution in [0, 0.1) is 12.7 Å². The molecule has 0 saturated carbocycles. The van der Waals surface area contributed by atoms with Gasteiger partial charge in [0.25, 0.3) is 5.91 Å². The van der Waals surface area contributed by atoms with Crippen LogP contribution in [0.1, 0.15) is 22.8 Å². The second-order valence-electron chi connectivity index (χ2n) is 3.52. The van der Waals surface area contributed by atoms with E-state index in [0.29, 0.717) is 5.56 Å². The predicted octanol–water partition coefficient (Wildman–Crippen LogP) is 1.34. The van der Waals surface area contributed by atoms with Gasteiger partial charge in [0.15, 0.2) is 0 Å². The first-order valence-electron chi connectivity index (χ1n) is 4.71. The fourth-order valence-corrected chi connectivity index (χ4v) is 1.14. The molecule has 4 nitrogen and oxygen atoms in total. The van der Waals surface area contributed by atoms with Gasteiger partial charge in [0.1, 0.15) is 11.9 Å². The Morgan fingerprint density at radius 3 is 2.56 bits per heavy atom. The van der Waals surface area contributed by atoms with Crippen LogP contribution in [0.4, 0.5) is 4.39 Å². The van der Waals surface area contributed by atoms with Crippen LogP contribution < -0.4 is 5.32 Å². The van der Waals surface area contributed by atoms with Gasteiger partial charge in [-0.3, -0.25) is 9.59 Å². The molecule has 0 aliphatic carbocycles. The first kappa shape index (κ1) is 12.2. The Balaban J connectivity index is 2.85. The first-order chi connectivity index (χ1) is 7.41. The third-order valence-electron chi connectivity index (χ3n) is 2.09. The molecule has 0 bridgehead atoms. The van der Waals surface area contributed by atoms with Crippen molar-refractivity contribution in [3.05, 3.63) is 35.1 Å². The minimum Gasteiger partial charge on any atom is -0.480 e. The second kappa shape index (κ2) is 4.74. The Morgan fingerprint density at radius 1 is 1.44 bits per heavy atom. The Bertz CT molecular complexity index is 431. The van der Waals surface area contributed by atoms with Gasteiger partial charge in [-0.2, -0.15) is 0 Å². The van der Waals surface area contributed by atoms with Gasteiger partial charge >= 0.3 is 5.97 Å². The van der Waals surface area contributed by atoms with Crippen LogP contribution in [0.5, 0.6) is 0 Å². The lowest BCUT2D eigenvalue weighted by molar-refractivity contribution is -0.138. The summed E-state index contributed by atoms with van der Waals surface area (Å²) in [5.41, 5.74) is 0.541. The summed E-state index contributed by atoms with van der Waals surface area (Å²) in [7, 11) is 0. The molecule has 2 N–H and O–H groups in total. The number of carbonyl (C=O) groups excluding carboxylic acids is 1. The third-order valence-corrected chi connectivity index (χ3v) is 2.09. The number of hydrogen-bond acceptors (Lipinski definition) is 2. The maximum Gasteiger partial charge on any atom is 0.325 e.